The summed E-state index contributed by atoms with van der Waals surface area (Å²) >= 11 is 0. The molecule has 0 aromatic rings. The molecule has 2 aliphatic rings. The molecule has 2 saturated carbocycles. The van der Waals surface area contributed by atoms with Gasteiger partial charge in [0, 0.05) is 0 Å². The van der Waals surface area contributed by atoms with Gasteiger partial charge in [0.25, 0.3) is 0 Å². The van der Waals surface area contributed by atoms with E-state index in [1.165, 1.54) is 70.6 Å². The smallest absolute Gasteiger partial charge is 0.0575 e. The van der Waals surface area contributed by atoms with Crippen molar-refractivity contribution in [1.29, 1.82) is 0 Å². The highest BCUT2D eigenvalue weighted by atomic mass is 16.5. The summed E-state index contributed by atoms with van der Waals surface area (Å²) in [4.78, 5) is 0. The Morgan fingerprint density at radius 3 is 1.84 bits per heavy atom. The summed E-state index contributed by atoms with van der Waals surface area (Å²) in [5.74, 6) is 3.03. The van der Waals surface area contributed by atoms with E-state index in [-0.39, 0.29) is 0 Å². The molecule has 0 radical (unpaired) electrons. The molecule has 2 aliphatic carbocycles. The lowest BCUT2D eigenvalue weighted by atomic mass is 9.70. The number of allylic oxidation sites excluding steroid dienone is 3. The van der Waals surface area contributed by atoms with Crippen LogP contribution in [-0.2, 0) is 4.74 Å². The van der Waals surface area contributed by atoms with Crippen LogP contribution >= 0.6 is 0 Å². The normalized spacial score (nSPS) is 31.1. The number of hydrogen-bond acceptors (Lipinski definition) is 1. The Morgan fingerprint density at radius 1 is 0.680 bits per heavy atom. The molecular formula is C24H42O. The molecular weight excluding hydrogens is 304 g/mol. The Hall–Kier alpha value is -0.560. The SMILES string of the molecule is CCC=CCCOC1CCC(C2CCC(CCC=CCC)CC2)CC1. The fraction of sp³-hybridized carbons (Fsp3) is 0.833. The van der Waals surface area contributed by atoms with Gasteiger partial charge in [0.1, 0.15) is 0 Å². The van der Waals surface area contributed by atoms with E-state index in [4.69, 9.17) is 4.74 Å². The molecule has 0 aliphatic heterocycles. The minimum Gasteiger partial charge on any atom is -0.378 e. The van der Waals surface area contributed by atoms with Crippen LogP contribution in [0.1, 0.15) is 97.3 Å². The summed E-state index contributed by atoms with van der Waals surface area (Å²) in [7, 11) is 0. The largest absolute Gasteiger partial charge is 0.378 e. The monoisotopic (exact) mass is 346 g/mol. The second-order valence-corrected chi connectivity index (χ2v) is 8.31. The standard InChI is InChI=1S/C24H42O/c1-3-5-7-9-11-21-12-14-22(15-13-21)23-16-18-24(19-17-23)25-20-10-8-6-4-2/h5-8,21-24H,3-4,9-20H2,1-2H3. The molecule has 2 rings (SSSR count). The first-order chi connectivity index (χ1) is 12.3. The van der Waals surface area contributed by atoms with Crippen molar-refractivity contribution in [3.63, 3.8) is 0 Å². The molecule has 0 aromatic carbocycles. The molecule has 144 valence electrons. The fourth-order valence-electron chi connectivity index (χ4n) is 4.88. The summed E-state index contributed by atoms with van der Waals surface area (Å²) in [6.45, 7) is 5.34. The first-order valence-electron chi connectivity index (χ1n) is 11.2. The Labute approximate surface area is 157 Å². The van der Waals surface area contributed by atoms with Crippen LogP contribution in [0.5, 0.6) is 0 Å². The zero-order valence-electron chi connectivity index (χ0n) is 16.9. The van der Waals surface area contributed by atoms with Crippen molar-refractivity contribution in [3.8, 4) is 0 Å². The lowest BCUT2D eigenvalue weighted by Crippen LogP contribution is -2.28. The molecule has 0 amide bonds. The molecule has 0 aromatic heterocycles. The highest BCUT2D eigenvalue weighted by molar-refractivity contribution is 4.85. The second-order valence-electron chi connectivity index (χ2n) is 8.31. The van der Waals surface area contributed by atoms with Gasteiger partial charge in [-0.1, -0.05) is 51.0 Å². The van der Waals surface area contributed by atoms with Gasteiger partial charge in [-0.25, -0.2) is 0 Å². The third-order valence-electron chi connectivity index (χ3n) is 6.46. The first-order valence-corrected chi connectivity index (χ1v) is 11.2. The third-order valence-corrected chi connectivity index (χ3v) is 6.46. The molecule has 0 heterocycles. The van der Waals surface area contributed by atoms with E-state index in [2.05, 4.69) is 38.2 Å². The zero-order valence-corrected chi connectivity index (χ0v) is 16.9. The van der Waals surface area contributed by atoms with E-state index >= 15 is 0 Å². The first kappa shape index (κ1) is 20.7. The van der Waals surface area contributed by atoms with E-state index in [1.807, 2.05) is 0 Å². The van der Waals surface area contributed by atoms with Crippen molar-refractivity contribution in [2.24, 2.45) is 17.8 Å². The van der Waals surface area contributed by atoms with E-state index in [0.29, 0.717) is 6.10 Å². The molecule has 1 nitrogen and oxygen atoms in total. The lowest BCUT2D eigenvalue weighted by Gasteiger charge is -2.37. The molecule has 0 unspecified atom stereocenters. The molecule has 25 heavy (non-hydrogen) atoms. The molecule has 2 fully saturated rings. The Bertz CT molecular complexity index is 368. The summed E-state index contributed by atoms with van der Waals surface area (Å²) in [6, 6.07) is 0. The maximum absolute atomic E-state index is 6.09. The molecule has 0 saturated heterocycles. The van der Waals surface area contributed by atoms with Crippen molar-refractivity contribution in [2.45, 2.75) is 103 Å². The average Bonchev–Trinajstić information content (AvgIpc) is 2.66. The van der Waals surface area contributed by atoms with Crippen LogP contribution in [0.4, 0.5) is 0 Å². The van der Waals surface area contributed by atoms with Crippen molar-refractivity contribution >= 4 is 0 Å². The van der Waals surface area contributed by atoms with Gasteiger partial charge in [0.15, 0.2) is 0 Å². The molecule has 0 atom stereocenters. The van der Waals surface area contributed by atoms with Crippen LogP contribution in [0.2, 0.25) is 0 Å². The fourth-order valence-corrected chi connectivity index (χ4v) is 4.88. The van der Waals surface area contributed by atoms with Crippen LogP contribution in [0, 0.1) is 17.8 Å². The maximum atomic E-state index is 6.09. The molecule has 1 heteroatoms. The van der Waals surface area contributed by atoms with Crippen LogP contribution in [-0.4, -0.2) is 12.7 Å². The number of ether oxygens (including phenoxy) is 1. The van der Waals surface area contributed by atoms with Crippen LogP contribution in [0.25, 0.3) is 0 Å². The van der Waals surface area contributed by atoms with Gasteiger partial charge in [-0.15, -0.1) is 0 Å². The summed E-state index contributed by atoms with van der Waals surface area (Å²) < 4.78 is 6.09. The van der Waals surface area contributed by atoms with Crippen LogP contribution in [0.15, 0.2) is 24.3 Å². The summed E-state index contributed by atoms with van der Waals surface area (Å²) in [5, 5.41) is 0. The zero-order chi connectivity index (χ0) is 17.7. The highest BCUT2D eigenvalue weighted by Crippen LogP contribution is 2.41. The Morgan fingerprint density at radius 2 is 1.24 bits per heavy atom. The molecule has 0 N–H and O–H groups in total. The number of rotatable bonds is 10. The predicted octanol–water partition coefficient (Wildman–Crippen LogP) is 7.47. The maximum Gasteiger partial charge on any atom is 0.0575 e. The van der Waals surface area contributed by atoms with E-state index < -0.39 is 0 Å². The Balaban J connectivity index is 1.56. The minimum atomic E-state index is 0.549. The van der Waals surface area contributed by atoms with E-state index in [0.717, 1.165) is 37.2 Å². The quantitative estimate of drug-likeness (QED) is 0.294. The van der Waals surface area contributed by atoms with Gasteiger partial charge in [-0.2, -0.15) is 0 Å². The third kappa shape index (κ3) is 8.11. The summed E-state index contributed by atoms with van der Waals surface area (Å²) in [5.41, 5.74) is 0. The molecule has 0 bridgehead atoms. The van der Waals surface area contributed by atoms with Gasteiger partial charge < -0.3 is 4.74 Å². The lowest BCUT2D eigenvalue weighted by molar-refractivity contribution is 0.00912. The van der Waals surface area contributed by atoms with E-state index in [1.54, 1.807) is 0 Å². The second kappa shape index (κ2) is 12.7. The van der Waals surface area contributed by atoms with Crippen molar-refractivity contribution in [2.75, 3.05) is 6.61 Å². The van der Waals surface area contributed by atoms with Gasteiger partial charge in [0.2, 0.25) is 0 Å². The van der Waals surface area contributed by atoms with Crippen LogP contribution in [0.3, 0.4) is 0 Å². The Kier molecular flexibility index (Phi) is 10.6. The van der Waals surface area contributed by atoms with Crippen molar-refractivity contribution < 1.29 is 4.74 Å². The topological polar surface area (TPSA) is 9.23 Å². The van der Waals surface area contributed by atoms with Gasteiger partial charge >= 0.3 is 0 Å². The molecule has 0 spiro atoms. The van der Waals surface area contributed by atoms with Crippen LogP contribution < -0.4 is 0 Å². The van der Waals surface area contributed by atoms with Gasteiger partial charge in [-0.3, -0.25) is 0 Å². The predicted molar refractivity (Wildman–Crippen MR) is 110 cm³/mol. The minimum absolute atomic E-state index is 0.549. The highest BCUT2D eigenvalue weighted by Gasteiger charge is 2.30. The summed E-state index contributed by atoms with van der Waals surface area (Å²) in [6.07, 6.45) is 27.4. The van der Waals surface area contributed by atoms with Crippen molar-refractivity contribution in [1.82, 2.24) is 0 Å². The van der Waals surface area contributed by atoms with Gasteiger partial charge in [0.05, 0.1) is 12.7 Å². The average molecular weight is 347 g/mol. The number of hydrogen-bond donors (Lipinski definition) is 0. The van der Waals surface area contributed by atoms with Crippen molar-refractivity contribution in [3.05, 3.63) is 24.3 Å². The van der Waals surface area contributed by atoms with Gasteiger partial charge in [-0.05, 0) is 88.4 Å². The van der Waals surface area contributed by atoms with E-state index in [9.17, 15) is 0 Å².